The molecule has 1 heterocycles. The fourth-order valence-corrected chi connectivity index (χ4v) is 3.35. The molecular weight excluding hydrogens is 306 g/mol. The van der Waals surface area contributed by atoms with Crippen molar-refractivity contribution >= 4 is 27.3 Å². The van der Waals surface area contributed by atoms with Gasteiger partial charge in [0.25, 0.3) is 0 Å². The molecule has 0 radical (unpaired) electrons. The molecule has 0 fully saturated rings. The fraction of sp³-hybridized carbons (Fsp3) is 0. The van der Waals surface area contributed by atoms with E-state index >= 15 is 0 Å². The van der Waals surface area contributed by atoms with Crippen LogP contribution in [0.2, 0.25) is 0 Å². The van der Waals surface area contributed by atoms with Gasteiger partial charge in [0.1, 0.15) is 0 Å². The molecule has 3 heteroatoms. The molecule has 0 unspecified atom stereocenters. The summed E-state index contributed by atoms with van der Waals surface area (Å²) in [6.07, 6.45) is 0. The van der Waals surface area contributed by atoms with Gasteiger partial charge < -0.3 is 0 Å². The van der Waals surface area contributed by atoms with Crippen molar-refractivity contribution in [1.82, 2.24) is 4.98 Å². The van der Waals surface area contributed by atoms with Gasteiger partial charge in [-0.1, -0.05) is 60.7 Å². The first-order chi connectivity index (χ1) is 8.84. The maximum absolute atomic E-state index is 4.59. The van der Waals surface area contributed by atoms with Gasteiger partial charge >= 0.3 is 0 Å². The molecule has 3 rings (SSSR count). The first kappa shape index (κ1) is 11.6. The molecule has 3 aromatic rings. The first-order valence-electron chi connectivity index (χ1n) is 5.62. The zero-order valence-corrected chi connectivity index (χ0v) is 11.9. The van der Waals surface area contributed by atoms with Crippen LogP contribution < -0.4 is 0 Å². The van der Waals surface area contributed by atoms with Crippen LogP contribution in [-0.2, 0) is 0 Å². The molecule has 0 aliphatic carbocycles. The summed E-state index contributed by atoms with van der Waals surface area (Å²) >= 11 is 5.15. The Morgan fingerprint density at radius 3 is 1.94 bits per heavy atom. The van der Waals surface area contributed by atoms with E-state index < -0.39 is 0 Å². The Balaban J connectivity index is 2.17. The first-order valence-corrected chi connectivity index (χ1v) is 7.23. The van der Waals surface area contributed by atoms with Gasteiger partial charge in [-0.05, 0) is 21.5 Å². The van der Waals surface area contributed by atoms with E-state index in [0.717, 1.165) is 15.2 Å². The van der Waals surface area contributed by atoms with Crippen LogP contribution in [0.15, 0.2) is 64.6 Å². The van der Waals surface area contributed by atoms with Crippen LogP contribution in [-0.4, -0.2) is 4.98 Å². The second-order valence-corrected chi connectivity index (χ2v) is 6.15. The standard InChI is InChI=1S/C15H10BrNS/c16-15-17-13(11-7-3-1-4-8-11)14(18-15)12-9-5-2-6-10-12/h1-10H. The van der Waals surface area contributed by atoms with Gasteiger partial charge in [0.15, 0.2) is 3.92 Å². The molecule has 0 saturated carbocycles. The molecule has 0 N–H and O–H groups in total. The van der Waals surface area contributed by atoms with Crippen molar-refractivity contribution in [2.24, 2.45) is 0 Å². The van der Waals surface area contributed by atoms with Gasteiger partial charge in [0.05, 0.1) is 10.6 Å². The highest BCUT2D eigenvalue weighted by Crippen LogP contribution is 2.38. The molecule has 0 spiro atoms. The number of nitrogens with zero attached hydrogens (tertiary/aromatic N) is 1. The minimum Gasteiger partial charge on any atom is -0.228 e. The molecule has 2 aromatic carbocycles. The van der Waals surface area contributed by atoms with E-state index in [1.165, 1.54) is 10.4 Å². The van der Waals surface area contributed by atoms with Crippen LogP contribution in [0.1, 0.15) is 0 Å². The minimum atomic E-state index is 0.917. The van der Waals surface area contributed by atoms with E-state index in [2.05, 4.69) is 57.3 Å². The summed E-state index contributed by atoms with van der Waals surface area (Å²) < 4.78 is 0.917. The molecular formula is C15H10BrNS. The number of rotatable bonds is 2. The van der Waals surface area contributed by atoms with E-state index in [1.807, 2.05) is 24.3 Å². The Labute approximate surface area is 118 Å². The number of halogens is 1. The van der Waals surface area contributed by atoms with Crippen molar-refractivity contribution in [3.63, 3.8) is 0 Å². The van der Waals surface area contributed by atoms with E-state index in [-0.39, 0.29) is 0 Å². The maximum atomic E-state index is 4.59. The predicted octanol–water partition coefficient (Wildman–Crippen LogP) is 5.24. The molecule has 18 heavy (non-hydrogen) atoms. The van der Waals surface area contributed by atoms with Gasteiger partial charge in [0.2, 0.25) is 0 Å². The third kappa shape index (κ3) is 2.24. The molecule has 0 aliphatic rings. The second-order valence-electron chi connectivity index (χ2n) is 3.88. The Hall–Kier alpha value is -1.45. The van der Waals surface area contributed by atoms with Crippen LogP contribution >= 0.6 is 27.3 Å². The highest BCUT2D eigenvalue weighted by molar-refractivity contribution is 9.11. The molecule has 0 aliphatic heterocycles. The zero-order chi connectivity index (χ0) is 12.4. The average Bonchev–Trinajstić information content (AvgIpc) is 2.83. The van der Waals surface area contributed by atoms with Crippen LogP contribution in [0, 0.1) is 0 Å². The van der Waals surface area contributed by atoms with Gasteiger partial charge in [-0.3, -0.25) is 0 Å². The number of benzene rings is 2. The average molecular weight is 316 g/mol. The molecule has 0 saturated heterocycles. The maximum Gasteiger partial charge on any atom is 0.160 e. The molecule has 88 valence electrons. The Bertz CT molecular complexity index is 590. The SMILES string of the molecule is Brc1nc(-c2ccccc2)c(-c2ccccc2)s1. The second kappa shape index (κ2) is 5.04. The quantitative estimate of drug-likeness (QED) is 0.630. The highest BCUT2D eigenvalue weighted by Gasteiger charge is 2.12. The Morgan fingerprint density at radius 1 is 0.778 bits per heavy atom. The molecule has 0 amide bonds. The molecule has 1 aromatic heterocycles. The summed E-state index contributed by atoms with van der Waals surface area (Å²) in [5.41, 5.74) is 3.40. The third-order valence-corrected chi connectivity index (χ3v) is 4.24. The lowest BCUT2D eigenvalue weighted by atomic mass is 10.1. The van der Waals surface area contributed by atoms with Crippen molar-refractivity contribution in [2.45, 2.75) is 0 Å². The lowest BCUT2D eigenvalue weighted by Gasteiger charge is -2.02. The molecule has 0 bridgehead atoms. The number of hydrogen-bond donors (Lipinski definition) is 0. The lowest BCUT2D eigenvalue weighted by Crippen LogP contribution is -1.81. The highest BCUT2D eigenvalue weighted by atomic mass is 79.9. The van der Waals surface area contributed by atoms with Crippen molar-refractivity contribution in [1.29, 1.82) is 0 Å². The van der Waals surface area contributed by atoms with E-state index in [9.17, 15) is 0 Å². The van der Waals surface area contributed by atoms with Gasteiger partial charge in [0, 0.05) is 5.56 Å². The molecule has 0 atom stereocenters. The largest absolute Gasteiger partial charge is 0.228 e. The normalized spacial score (nSPS) is 10.5. The summed E-state index contributed by atoms with van der Waals surface area (Å²) in [6, 6.07) is 20.7. The monoisotopic (exact) mass is 315 g/mol. The van der Waals surface area contributed by atoms with Gasteiger partial charge in [-0.15, -0.1) is 11.3 Å². The van der Waals surface area contributed by atoms with Crippen LogP contribution in [0.4, 0.5) is 0 Å². The van der Waals surface area contributed by atoms with E-state index in [0.29, 0.717) is 0 Å². The minimum absolute atomic E-state index is 0.917. The summed E-state index contributed by atoms with van der Waals surface area (Å²) in [5.74, 6) is 0. The summed E-state index contributed by atoms with van der Waals surface area (Å²) in [7, 11) is 0. The summed E-state index contributed by atoms with van der Waals surface area (Å²) in [4.78, 5) is 5.79. The summed E-state index contributed by atoms with van der Waals surface area (Å²) in [6.45, 7) is 0. The van der Waals surface area contributed by atoms with Gasteiger partial charge in [-0.25, -0.2) is 4.98 Å². The smallest absolute Gasteiger partial charge is 0.160 e. The van der Waals surface area contributed by atoms with Crippen LogP contribution in [0.5, 0.6) is 0 Å². The zero-order valence-electron chi connectivity index (χ0n) is 9.51. The van der Waals surface area contributed by atoms with E-state index in [4.69, 9.17) is 0 Å². The fourth-order valence-electron chi connectivity index (χ4n) is 1.87. The number of aromatic nitrogens is 1. The Kier molecular flexibility index (Phi) is 3.26. The Morgan fingerprint density at radius 2 is 1.33 bits per heavy atom. The van der Waals surface area contributed by atoms with Crippen LogP contribution in [0.3, 0.4) is 0 Å². The third-order valence-electron chi connectivity index (χ3n) is 2.68. The molecule has 1 nitrogen and oxygen atoms in total. The predicted molar refractivity (Wildman–Crippen MR) is 80.7 cm³/mol. The van der Waals surface area contributed by atoms with Crippen molar-refractivity contribution in [3.8, 4) is 21.7 Å². The topological polar surface area (TPSA) is 12.9 Å². The van der Waals surface area contributed by atoms with Crippen LogP contribution in [0.25, 0.3) is 21.7 Å². The number of hydrogen-bond acceptors (Lipinski definition) is 2. The lowest BCUT2D eigenvalue weighted by molar-refractivity contribution is 1.37. The van der Waals surface area contributed by atoms with Crippen molar-refractivity contribution < 1.29 is 0 Å². The van der Waals surface area contributed by atoms with Gasteiger partial charge in [-0.2, -0.15) is 0 Å². The van der Waals surface area contributed by atoms with Crippen molar-refractivity contribution in [2.75, 3.05) is 0 Å². The summed E-state index contributed by atoms with van der Waals surface area (Å²) in [5, 5.41) is 0. The van der Waals surface area contributed by atoms with E-state index in [1.54, 1.807) is 11.3 Å². The number of thiazole rings is 1. The van der Waals surface area contributed by atoms with Crippen molar-refractivity contribution in [3.05, 3.63) is 64.6 Å².